The van der Waals surface area contributed by atoms with E-state index < -0.39 is 0 Å². The molecule has 21 heavy (non-hydrogen) atoms. The summed E-state index contributed by atoms with van der Waals surface area (Å²) in [4.78, 5) is 8.86. The number of nitrogens with two attached hydrogens (primary N) is 1. The van der Waals surface area contributed by atoms with Gasteiger partial charge >= 0.3 is 0 Å². The number of hydrogen-bond donors (Lipinski definition) is 2. The van der Waals surface area contributed by atoms with Gasteiger partial charge in [0.15, 0.2) is 11.0 Å². The van der Waals surface area contributed by atoms with Gasteiger partial charge in [0.25, 0.3) is 0 Å². The van der Waals surface area contributed by atoms with Gasteiger partial charge in [-0.05, 0) is 23.9 Å². The molecule has 7 heteroatoms. The minimum Gasteiger partial charge on any atom is -0.409 e. The van der Waals surface area contributed by atoms with E-state index in [4.69, 9.17) is 10.9 Å². The summed E-state index contributed by atoms with van der Waals surface area (Å²) in [5, 5.41) is 14.4. The zero-order valence-electron chi connectivity index (χ0n) is 11.3. The molecule has 0 saturated carbocycles. The summed E-state index contributed by atoms with van der Waals surface area (Å²) in [7, 11) is 1.90. The highest BCUT2D eigenvalue weighted by Gasteiger charge is 2.14. The van der Waals surface area contributed by atoms with Crippen LogP contribution in [0.4, 0.5) is 0 Å². The van der Waals surface area contributed by atoms with Gasteiger partial charge in [-0.1, -0.05) is 23.4 Å². The zero-order chi connectivity index (χ0) is 14.8. The molecule has 0 unspecified atom stereocenters. The molecule has 6 nitrogen and oxygen atoms in total. The van der Waals surface area contributed by atoms with Crippen LogP contribution in [-0.2, 0) is 7.05 Å². The Morgan fingerprint density at radius 2 is 2.19 bits per heavy atom. The molecule has 106 valence electrons. The van der Waals surface area contributed by atoms with Crippen molar-refractivity contribution in [3.05, 3.63) is 48.3 Å². The number of imidazole rings is 1. The van der Waals surface area contributed by atoms with E-state index in [2.05, 4.69) is 15.1 Å². The topological polar surface area (TPSA) is 89.3 Å². The van der Waals surface area contributed by atoms with Gasteiger partial charge in [0.05, 0.1) is 11.1 Å². The van der Waals surface area contributed by atoms with Crippen LogP contribution in [0.15, 0.2) is 58.1 Å². The van der Waals surface area contributed by atoms with Crippen LogP contribution in [0.2, 0.25) is 0 Å². The summed E-state index contributed by atoms with van der Waals surface area (Å²) in [6.45, 7) is 0. The molecule has 3 rings (SSSR count). The van der Waals surface area contributed by atoms with Crippen LogP contribution < -0.4 is 5.73 Å². The summed E-state index contributed by atoms with van der Waals surface area (Å²) in [5.41, 5.74) is 7.21. The van der Waals surface area contributed by atoms with Crippen LogP contribution >= 0.6 is 11.8 Å². The monoisotopic (exact) mass is 299 g/mol. The summed E-state index contributed by atoms with van der Waals surface area (Å²) in [6.07, 6.45) is 3.57. The number of benzene rings is 1. The molecule has 0 aliphatic rings. The number of pyridine rings is 1. The van der Waals surface area contributed by atoms with E-state index in [-0.39, 0.29) is 5.84 Å². The average molecular weight is 299 g/mol. The second-order valence-corrected chi connectivity index (χ2v) is 5.40. The normalized spacial score (nSPS) is 12.0. The maximum absolute atomic E-state index is 8.97. The van der Waals surface area contributed by atoms with E-state index in [0.717, 1.165) is 16.1 Å². The standard InChI is InChI=1S/C14H13N5OS/c1-19-7-6-16-14(19)21-13-10(12(15)18-20)8-9-4-2-3-5-11(9)17-13/h2-8,20H,1H3,(H2,15,18). The van der Waals surface area contributed by atoms with Crippen molar-refractivity contribution in [1.29, 1.82) is 0 Å². The van der Waals surface area contributed by atoms with Crippen LogP contribution in [-0.4, -0.2) is 25.6 Å². The summed E-state index contributed by atoms with van der Waals surface area (Å²) >= 11 is 1.37. The number of nitrogens with zero attached hydrogens (tertiary/aromatic N) is 4. The molecule has 0 amide bonds. The highest BCUT2D eigenvalue weighted by molar-refractivity contribution is 7.99. The molecule has 2 heterocycles. The molecular weight excluding hydrogens is 286 g/mol. The second kappa shape index (κ2) is 5.45. The van der Waals surface area contributed by atoms with Crippen molar-refractivity contribution in [2.75, 3.05) is 0 Å². The molecule has 0 aliphatic heterocycles. The first kappa shape index (κ1) is 13.4. The fourth-order valence-corrected chi connectivity index (χ4v) is 2.86. The maximum atomic E-state index is 8.97. The quantitative estimate of drug-likeness (QED) is 0.335. The molecule has 0 spiro atoms. The van der Waals surface area contributed by atoms with Gasteiger partial charge in [0.2, 0.25) is 0 Å². The van der Waals surface area contributed by atoms with Crippen LogP contribution in [0.25, 0.3) is 10.9 Å². The Morgan fingerprint density at radius 3 is 2.90 bits per heavy atom. The number of aryl methyl sites for hydroxylation is 1. The van der Waals surface area contributed by atoms with Crippen molar-refractivity contribution >= 4 is 28.5 Å². The van der Waals surface area contributed by atoms with Gasteiger partial charge in [-0.2, -0.15) is 0 Å². The third-order valence-electron chi connectivity index (χ3n) is 3.04. The molecule has 0 saturated heterocycles. The van der Waals surface area contributed by atoms with Crippen molar-refractivity contribution in [2.45, 2.75) is 10.2 Å². The first-order chi connectivity index (χ1) is 10.2. The molecule has 3 aromatic rings. The number of amidine groups is 1. The van der Waals surface area contributed by atoms with Crippen LogP contribution in [0.1, 0.15) is 5.56 Å². The molecule has 0 atom stereocenters. The predicted octanol–water partition coefficient (Wildman–Crippen LogP) is 2.21. The summed E-state index contributed by atoms with van der Waals surface area (Å²) in [5.74, 6) is 0.0324. The Balaban J connectivity index is 2.16. The number of para-hydroxylation sites is 1. The van der Waals surface area contributed by atoms with E-state index in [9.17, 15) is 0 Å². The number of hydrogen-bond acceptors (Lipinski definition) is 5. The highest BCUT2D eigenvalue weighted by Crippen LogP contribution is 2.29. The van der Waals surface area contributed by atoms with Crippen molar-refractivity contribution < 1.29 is 5.21 Å². The molecule has 3 N–H and O–H groups in total. The molecule has 0 radical (unpaired) electrons. The molecule has 0 aliphatic carbocycles. The fraction of sp³-hybridized carbons (Fsp3) is 0.0714. The molecular formula is C14H13N5OS. The van der Waals surface area contributed by atoms with Crippen molar-refractivity contribution in [1.82, 2.24) is 14.5 Å². The lowest BCUT2D eigenvalue weighted by atomic mass is 10.1. The van der Waals surface area contributed by atoms with E-state index >= 15 is 0 Å². The average Bonchev–Trinajstić information content (AvgIpc) is 2.91. The Morgan fingerprint density at radius 1 is 1.38 bits per heavy atom. The third-order valence-corrected chi connectivity index (χ3v) is 4.12. The van der Waals surface area contributed by atoms with E-state index in [0.29, 0.717) is 10.6 Å². The lowest BCUT2D eigenvalue weighted by molar-refractivity contribution is 0.318. The third kappa shape index (κ3) is 2.55. The maximum Gasteiger partial charge on any atom is 0.174 e. The number of rotatable bonds is 3. The van der Waals surface area contributed by atoms with Crippen LogP contribution in [0.5, 0.6) is 0 Å². The smallest absolute Gasteiger partial charge is 0.174 e. The Bertz CT molecular complexity index is 827. The summed E-state index contributed by atoms with van der Waals surface area (Å²) < 4.78 is 1.89. The van der Waals surface area contributed by atoms with Crippen molar-refractivity contribution in [2.24, 2.45) is 17.9 Å². The molecule has 2 aromatic heterocycles. The minimum absolute atomic E-state index is 0.0324. The lowest BCUT2D eigenvalue weighted by Gasteiger charge is -2.09. The lowest BCUT2D eigenvalue weighted by Crippen LogP contribution is -2.15. The van der Waals surface area contributed by atoms with E-state index in [1.165, 1.54) is 11.8 Å². The number of fused-ring (bicyclic) bond motifs is 1. The van der Waals surface area contributed by atoms with Gasteiger partial charge in [-0.3, -0.25) is 0 Å². The van der Waals surface area contributed by atoms with Crippen LogP contribution in [0, 0.1) is 0 Å². The van der Waals surface area contributed by atoms with Gasteiger partial charge in [0, 0.05) is 24.8 Å². The first-order valence-corrected chi connectivity index (χ1v) is 7.03. The first-order valence-electron chi connectivity index (χ1n) is 6.22. The van der Waals surface area contributed by atoms with Gasteiger partial charge < -0.3 is 15.5 Å². The highest BCUT2D eigenvalue weighted by atomic mass is 32.2. The molecule has 0 fully saturated rings. The van der Waals surface area contributed by atoms with E-state index in [1.54, 1.807) is 6.20 Å². The fourth-order valence-electron chi connectivity index (χ4n) is 1.95. The van der Waals surface area contributed by atoms with Crippen molar-refractivity contribution in [3.63, 3.8) is 0 Å². The number of aromatic nitrogens is 3. The largest absolute Gasteiger partial charge is 0.409 e. The number of oxime groups is 1. The minimum atomic E-state index is 0.0324. The molecule has 1 aromatic carbocycles. The predicted molar refractivity (Wildman–Crippen MR) is 81.6 cm³/mol. The van der Waals surface area contributed by atoms with Crippen molar-refractivity contribution in [3.8, 4) is 0 Å². The molecule has 0 bridgehead atoms. The Kier molecular flexibility index (Phi) is 3.49. The Hall–Kier alpha value is -2.54. The van der Waals surface area contributed by atoms with Gasteiger partial charge in [-0.25, -0.2) is 9.97 Å². The van der Waals surface area contributed by atoms with Gasteiger partial charge in [-0.15, -0.1) is 0 Å². The van der Waals surface area contributed by atoms with E-state index in [1.807, 2.05) is 48.1 Å². The Labute approximate surface area is 125 Å². The zero-order valence-corrected chi connectivity index (χ0v) is 12.1. The van der Waals surface area contributed by atoms with Gasteiger partial charge in [0.1, 0.15) is 5.03 Å². The SMILES string of the molecule is Cn1ccnc1Sc1nc2ccccc2cc1C(N)=NO. The summed E-state index contributed by atoms with van der Waals surface area (Å²) in [6, 6.07) is 9.57. The second-order valence-electron chi connectivity index (χ2n) is 4.44. The van der Waals surface area contributed by atoms with Crippen LogP contribution in [0.3, 0.4) is 0 Å².